The van der Waals surface area contributed by atoms with E-state index < -0.39 is 0 Å². The number of thioether (sulfide) groups is 1. The molecule has 0 radical (unpaired) electrons. The Bertz CT molecular complexity index is 1080. The lowest BCUT2D eigenvalue weighted by Gasteiger charge is -2.09. The standard InChI is InChI=1S/C24H18FN3OS/c25-19-11-13-20(14-12-19)26-23(29)16-30-24-27-21(17-7-3-1-4-8-17)15-22(28-24)18-9-5-2-6-10-18/h1-15H,16H2,(H,26,29). The molecule has 148 valence electrons. The maximum Gasteiger partial charge on any atom is 0.234 e. The average Bonchev–Trinajstić information content (AvgIpc) is 2.80. The molecular weight excluding hydrogens is 397 g/mol. The zero-order valence-corrected chi connectivity index (χ0v) is 16.8. The van der Waals surface area contributed by atoms with E-state index in [1.54, 1.807) is 0 Å². The Hall–Kier alpha value is -3.51. The predicted octanol–water partition coefficient (Wildman–Crippen LogP) is 5.68. The first-order chi connectivity index (χ1) is 14.7. The summed E-state index contributed by atoms with van der Waals surface area (Å²) in [6, 6.07) is 27.3. The van der Waals surface area contributed by atoms with Crippen molar-refractivity contribution in [1.82, 2.24) is 9.97 Å². The SMILES string of the molecule is O=C(CSc1nc(-c2ccccc2)cc(-c2ccccc2)n1)Nc1ccc(F)cc1. The van der Waals surface area contributed by atoms with Gasteiger partial charge in [0.2, 0.25) is 5.91 Å². The Balaban J connectivity index is 1.56. The molecule has 3 aromatic carbocycles. The van der Waals surface area contributed by atoms with E-state index in [-0.39, 0.29) is 17.5 Å². The van der Waals surface area contributed by atoms with E-state index >= 15 is 0 Å². The lowest BCUT2D eigenvalue weighted by Crippen LogP contribution is -2.14. The van der Waals surface area contributed by atoms with Crippen LogP contribution in [0.25, 0.3) is 22.5 Å². The van der Waals surface area contributed by atoms with Crippen LogP contribution < -0.4 is 5.32 Å². The number of aromatic nitrogens is 2. The Morgan fingerprint density at radius 1 is 0.800 bits per heavy atom. The van der Waals surface area contributed by atoms with E-state index in [4.69, 9.17) is 0 Å². The van der Waals surface area contributed by atoms with Gasteiger partial charge in [0.1, 0.15) is 5.82 Å². The smallest absolute Gasteiger partial charge is 0.234 e. The molecule has 6 heteroatoms. The van der Waals surface area contributed by atoms with Crippen LogP contribution in [0.4, 0.5) is 10.1 Å². The van der Waals surface area contributed by atoms with Crippen molar-refractivity contribution >= 4 is 23.4 Å². The highest BCUT2D eigenvalue weighted by molar-refractivity contribution is 7.99. The molecule has 0 saturated heterocycles. The van der Waals surface area contributed by atoms with Crippen LogP contribution in [0.1, 0.15) is 0 Å². The highest BCUT2D eigenvalue weighted by atomic mass is 32.2. The zero-order chi connectivity index (χ0) is 20.8. The van der Waals surface area contributed by atoms with Crippen LogP contribution in [0, 0.1) is 5.82 Å². The Morgan fingerprint density at radius 3 is 1.87 bits per heavy atom. The minimum absolute atomic E-state index is 0.143. The van der Waals surface area contributed by atoms with Gasteiger partial charge in [-0.15, -0.1) is 0 Å². The fourth-order valence-corrected chi connectivity index (χ4v) is 3.52. The Labute approximate surface area is 178 Å². The van der Waals surface area contributed by atoms with Crippen LogP contribution in [-0.2, 0) is 4.79 Å². The third-order valence-corrected chi connectivity index (χ3v) is 5.15. The fraction of sp³-hybridized carbons (Fsp3) is 0.0417. The third kappa shape index (κ3) is 5.10. The monoisotopic (exact) mass is 415 g/mol. The number of amides is 1. The number of carbonyl (C=O) groups excluding carboxylic acids is 1. The van der Waals surface area contributed by atoms with Gasteiger partial charge in [-0.3, -0.25) is 4.79 Å². The van der Waals surface area contributed by atoms with Gasteiger partial charge in [-0.2, -0.15) is 0 Å². The Morgan fingerprint density at radius 2 is 1.33 bits per heavy atom. The van der Waals surface area contributed by atoms with E-state index in [0.717, 1.165) is 22.5 Å². The largest absolute Gasteiger partial charge is 0.325 e. The van der Waals surface area contributed by atoms with Crippen molar-refractivity contribution < 1.29 is 9.18 Å². The number of nitrogens with zero attached hydrogens (tertiary/aromatic N) is 2. The predicted molar refractivity (Wildman–Crippen MR) is 119 cm³/mol. The van der Waals surface area contributed by atoms with Crippen molar-refractivity contribution in [3.05, 3.63) is 96.8 Å². The number of anilines is 1. The van der Waals surface area contributed by atoms with Crippen LogP contribution in [0.3, 0.4) is 0 Å². The van der Waals surface area contributed by atoms with Gasteiger partial charge >= 0.3 is 0 Å². The van der Waals surface area contributed by atoms with Gasteiger partial charge in [-0.25, -0.2) is 14.4 Å². The summed E-state index contributed by atoms with van der Waals surface area (Å²) in [6.45, 7) is 0. The molecule has 30 heavy (non-hydrogen) atoms. The summed E-state index contributed by atoms with van der Waals surface area (Å²) in [5.74, 6) is -0.410. The first-order valence-electron chi connectivity index (χ1n) is 9.35. The molecule has 0 aliphatic carbocycles. The molecule has 4 nitrogen and oxygen atoms in total. The van der Waals surface area contributed by atoms with Gasteiger partial charge in [0.05, 0.1) is 17.1 Å². The average molecular weight is 415 g/mol. The quantitative estimate of drug-likeness (QED) is 0.325. The summed E-state index contributed by atoms with van der Waals surface area (Å²) >= 11 is 1.26. The summed E-state index contributed by atoms with van der Waals surface area (Å²) in [7, 11) is 0. The Kier molecular flexibility index (Phi) is 6.15. The molecule has 0 spiro atoms. The second-order valence-corrected chi connectivity index (χ2v) is 7.44. The first-order valence-corrected chi connectivity index (χ1v) is 10.3. The van der Waals surface area contributed by atoms with Crippen LogP contribution in [-0.4, -0.2) is 21.6 Å². The first kappa shape index (κ1) is 19.8. The molecule has 0 unspecified atom stereocenters. The number of hydrogen-bond donors (Lipinski definition) is 1. The van der Waals surface area contributed by atoms with Crippen LogP contribution in [0.2, 0.25) is 0 Å². The normalized spacial score (nSPS) is 10.6. The number of benzene rings is 3. The number of hydrogen-bond acceptors (Lipinski definition) is 4. The molecule has 1 heterocycles. The minimum Gasteiger partial charge on any atom is -0.325 e. The molecular formula is C24H18FN3OS. The van der Waals surface area contributed by atoms with Crippen molar-refractivity contribution in [3.8, 4) is 22.5 Å². The summed E-state index contributed by atoms with van der Waals surface area (Å²) in [6.07, 6.45) is 0. The zero-order valence-electron chi connectivity index (χ0n) is 16.0. The summed E-state index contributed by atoms with van der Waals surface area (Å²) < 4.78 is 13.0. The van der Waals surface area contributed by atoms with Crippen molar-refractivity contribution in [2.45, 2.75) is 5.16 Å². The fourth-order valence-electron chi connectivity index (χ4n) is 2.86. The van der Waals surface area contributed by atoms with Crippen molar-refractivity contribution in [2.24, 2.45) is 0 Å². The molecule has 1 aromatic heterocycles. The number of nitrogens with one attached hydrogen (secondary N) is 1. The lowest BCUT2D eigenvalue weighted by atomic mass is 10.1. The number of carbonyl (C=O) groups is 1. The summed E-state index contributed by atoms with van der Waals surface area (Å²) in [4.78, 5) is 21.6. The van der Waals surface area contributed by atoms with Gasteiger partial charge in [0, 0.05) is 16.8 Å². The number of halogens is 1. The maximum atomic E-state index is 13.0. The highest BCUT2D eigenvalue weighted by Crippen LogP contribution is 2.27. The maximum absolute atomic E-state index is 13.0. The van der Waals surface area contributed by atoms with Gasteiger partial charge in [0.15, 0.2) is 5.16 Å². The van der Waals surface area contributed by atoms with Crippen molar-refractivity contribution in [2.75, 3.05) is 11.1 Å². The van der Waals surface area contributed by atoms with E-state index in [0.29, 0.717) is 10.8 Å². The van der Waals surface area contributed by atoms with E-state index in [9.17, 15) is 9.18 Å². The van der Waals surface area contributed by atoms with Crippen LogP contribution >= 0.6 is 11.8 Å². The molecule has 0 atom stereocenters. The second kappa shape index (κ2) is 9.33. The number of rotatable bonds is 6. The molecule has 0 fully saturated rings. The topological polar surface area (TPSA) is 54.9 Å². The molecule has 0 aliphatic rings. The highest BCUT2D eigenvalue weighted by Gasteiger charge is 2.11. The van der Waals surface area contributed by atoms with Gasteiger partial charge in [-0.05, 0) is 30.3 Å². The molecule has 4 rings (SSSR count). The van der Waals surface area contributed by atoms with Gasteiger partial charge < -0.3 is 5.32 Å². The minimum atomic E-state index is -0.345. The molecule has 0 bridgehead atoms. The van der Waals surface area contributed by atoms with Crippen LogP contribution in [0.5, 0.6) is 0 Å². The van der Waals surface area contributed by atoms with Crippen molar-refractivity contribution in [1.29, 1.82) is 0 Å². The second-order valence-electron chi connectivity index (χ2n) is 6.50. The molecule has 1 N–H and O–H groups in total. The molecule has 1 amide bonds. The van der Waals surface area contributed by atoms with Crippen LogP contribution in [0.15, 0.2) is 96.2 Å². The van der Waals surface area contributed by atoms with Gasteiger partial charge in [0.25, 0.3) is 0 Å². The van der Waals surface area contributed by atoms with E-state index in [1.807, 2.05) is 66.7 Å². The lowest BCUT2D eigenvalue weighted by molar-refractivity contribution is -0.113. The van der Waals surface area contributed by atoms with Gasteiger partial charge in [-0.1, -0.05) is 72.4 Å². The third-order valence-electron chi connectivity index (χ3n) is 4.31. The molecule has 0 saturated carbocycles. The molecule has 0 aliphatic heterocycles. The van der Waals surface area contributed by atoms with E-state index in [1.165, 1.54) is 36.0 Å². The van der Waals surface area contributed by atoms with E-state index in [2.05, 4.69) is 15.3 Å². The molecule has 4 aromatic rings. The summed E-state index contributed by atoms with van der Waals surface area (Å²) in [5, 5.41) is 3.27. The van der Waals surface area contributed by atoms with Crippen molar-refractivity contribution in [3.63, 3.8) is 0 Å². The summed E-state index contributed by atoms with van der Waals surface area (Å²) in [5.41, 5.74) is 4.10.